The second-order valence-corrected chi connectivity index (χ2v) is 11.0. The highest BCUT2D eigenvalue weighted by Crippen LogP contribution is 2.30. The van der Waals surface area contributed by atoms with Gasteiger partial charge in [-0.2, -0.15) is 9.40 Å². The van der Waals surface area contributed by atoms with Gasteiger partial charge in [0.1, 0.15) is 4.90 Å². The van der Waals surface area contributed by atoms with Crippen molar-refractivity contribution in [1.82, 2.24) is 14.1 Å². The summed E-state index contributed by atoms with van der Waals surface area (Å²) in [6.07, 6.45) is 4.18. The van der Waals surface area contributed by atoms with Crippen LogP contribution < -0.4 is 4.72 Å². The van der Waals surface area contributed by atoms with E-state index in [1.807, 2.05) is 20.8 Å². The van der Waals surface area contributed by atoms with Gasteiger partial charge in [-0.05, 0) is 64.8 Å². The molecule has 1 aliphatic heterocycles. The molecule has 2 heterocycles. The molecule has 0 aliphatic carbocycles. The highest BCUT2D eigenvalue weighted by molar-refractivity contribution is 7.92. The summed E-state index contributed by atoms with van der Waals surface area (Å²) in [7, 11) is -7.45. The molecule has 1 N–H and O–H groups in total. The van der Waals surface area contributed by atoms with Gasteiger partial charge in [0.15, 0.2) is 0 Å². The van der Waals surface area contributed by atoms with Crippen molar-refractivity contribution in [3.05, 3.63) is 36.2 Å². The van der Waals surface area contributed by atoms with E-state index in [4.69, 9.17) is 0 Å². The fourth-order valence-electron chi connectivity index (χ4n) is 3.82. The lowest BCUT2D eigenvalue weighted by Gasteiger charge is -2.37. The Balaban J connectivity index is 1.83. The number of nitrogens with one attached hydrogen (secondary N) is 1. The summed E-state index contributed by atoms with van der Waals surface area (Å²) >= 11 is 0. The predicted molar refractivity (Wildman–Crippen MR) is 112 cm³/mol. The van der Waals surface area contributed by atoms with Crippen LogP contribution in [0.5, 0.6) is 0 Å². The number of hydrogen-bond acceptors (Lipinski definition) is 5. The number of piperidine rings is 1. The van der Waals surface area contributed by atoms with Crippen molar-refractivity contribution in [3.63, 3.8) is 0 Å². The minimum Gasteiger partial charge on any atom is -0.280 e. The molecular weight excluding hydrogens is 412 g/mol. The number of nitrogens with zero attached hydrogens (tertiary/aromatic N) is 3. The third-order valence-electron chi connectivity index (χ3n) is 5.31. The van der Waals surface area contributed by atoms with Gasteiger partial charge >= 0.3 is 0 Å². The Kier molecular flexibility index (Phi) is 6.07. The summed E-state index contributed by atoms with van der Waals surface area (Å²) in [4.78, 5) is 0.267. The molecule has 160 valence electrons. The summed E-state index contributed by atoms with van der Waals surface area (Å²) in [5.41, 5.74) is 0.707. The Morgan fingerprint density at radius 1 is 1.07 bits per heavy atom. The molecule has 0 radical (unpaired) electrons. The molecular formula is C19H28N4O4S2. The van der Waals surface area contributed by atoms with Crippen LogP contribution in [0.2, 0.25) is 0 Å². The van der Waals surface area contributed by atoms with Crippen LogP contribution in [0.4, 0.5) is 5.69 Å². The average molecular weight is 441 g/mol. The number of hydrogen-bond donors (Lipinski definition) is 1. The van der Waals surface area contributed by atoms with Gasteiger partial charge in [0.2, 0.25) is 10.0 Å². The maximum absolute atomic E-state index is 13.1. The molecule has 10 heteroatoms. The van der Waals surface area contributed by atoms with Crippen LogP contribution in [-0.4, -0.2) is 43.0 Å². The van der Waals surface area contributed by atoms with E-state index in [1.54, 1.807) is 15.9 Å². The van der Waals surface area contributed by atoms with Crippen molar-refractivity contribution in [1.29, 1.82) is 0 Å². The summed E-state index contributed by atoms with van der Waals surface area (Å²) < 4.78 is 57.1. The van der Waals surface area contributed by atoms with Crippen molar-refractivity contribution in [2.75, 3.05) is 4.72 Å². The minimum atomic E-state index is -3.81. The number of aryl methyl sites for hydroxylation is 2. The second-order valence-electron chi connectivity index (χ2n) is 7.53. The van der Waals surface area contributed by atoms with Crippen molar-refractivity contribution in [3.8, 4) is 0 Å². The Labute approximate surface area is 173 Å². The molecule has 8 nitrogen and oxygen atoms in total. The van der Waals surface area contributed by atoms with E-state index in [2.05, 4.69) is 9.82 Å². The largest absolute Gasteiger partial charge is 0.280 e. The Morgan fingerprint density at radius 3 is 2.17 bits per heavy atom. The van der Waals surface area contributed by atoms with E-state index in [-0.39, 0.29) is 21.9 Å². The van der Waals surface area contributed by atoms with Crippen LogP contribution >= 0.6 is 0 Å². The maximum Gasteiger partial charge on any atom is 0.265 e. The maximum atomic E-state index is 13.1. The molecule has 2 aromatic rings. The second kappa shape index (κ2) is 8.08. The SMILES string of the molecule is CCn1cc(S(=O)(=O)Nc2ccc(S(=O)(=O)N3C(C)CCCC3C)cc2)c(C)n1. The Bertz CT molecular complexity index is 1070. The van der Waals surface area contributed by atoms with Crippen LogP contribution in [0, 0.1) is 6.92 Å². The van der Waals surface area contributed by atoms with Crippen LogP contribution in [0.3, 0.4) is 0 Å². The Hall–Kier alpha value is -1.91. The van der Waals surface area contributed by atoms with Crippen LogP contribution in [-0.2, 0) is 26.6 Å². The lowest BCUT2D eigenvalue weighted by molar-refractivity contribution is 0.204. The molecule has 2 unspecified atom stereocenters. The average Bonchev–Trinajstić information content (AvgIpc) is 3.03. The summed E-state index contributed by atoms with van der Waals surface area (Å²) in [6.45, 7) is 7.93. The molecule has 2 atom stereocenters. The minimum absolute atomic E-state index is 0.0555. The molecule has 0 amide bonds. The van der Waals surface area contributed by atoms with Crippen molar-refractivity contribution in [2.45, 2.75) is 75.4 Å². The zero-order chi connectivity index (χ0) is 21.4. The van der Waals surface area contributed by atoms with E-state index in [0.29, 0.717) is 17.9 Å². The van der Waals surface area contributed by atoms with Gasteiger partial charge in [-0.25, -0.2) is 16.8 Å². The Morgan fingerprint density at radius 2 is 1.66 bits per heavy atom. The molecule has 0 bridgehead atoms. The zero-order valence-electron chi connectivity index (χ0n) is 17.2. The van der Waals surface area contributed by atoms with E-state index in [9.17, 15) is 16.8 Å². The van der Waals surface area contributed by atoms with E-state index < -0.39 is 20.0 Å². The molecule has 1 aromatic heterocycles. The molecule has 3 rings (SSSR count). The molecule has 1 fully saturated rings. The third kappa shape index (κ3) is 4.34. The van der Waals surface area contributed by atoms with E-state index in [0.717, 1.165) is 19.3 Å². The van der Waals surface area contributed by atoms with E-state index >= 15 is 0 Å². The first-order valence-corrected chi connectivity index (χ1v) is 12.7. The van der Waals surface area contributed by atoms with Crippen LogP contribution in [0.15, 0.2) is 40.3 Å². The number of anilines is 1. The van der Waals surface area contributed by atoms with Gasteiger partial charge in [0, 0.05) is 30.5 Å². The number of sulfonamides is 2. The fourth-order valence-corrected chi connectivity index (χ4v) is 6.95. The summed E-state index contributed by atoms with van der Waals surface area (Å²) in [5, 5.41) is 4.16. The first-order chi connectivity index (χ1) is 13.6. The zero-order valence-corrected chi connectivity index (χ0v) is 18.8. The quantitative estimate of drug-likeness (QED) is 0.744. The molecule has 0 spiro atoms. The highest BCUT2D eigenvalue weighted by atomic mass is 32.2. The monoisotopic (exact) mass is 440 g/mol. The first-order valence-electron chi connectivity index (χ1n) is 9.76. The first kappa shape index (κ1) is 21.8. The number of aromatic nitrogens is 2. The smallest absolute Gasteiger partial charge is 0.265 e. The molecule has 1 aliphatic rings. The molecule has 1 aromatic carbocycles. The highest BCUT2D eigenvalue weighted by Gasteiger charge is 2.35. The third-order valence-corrected chi connectivity index (χ3v) is 8.94. The van der Waals surface area contributed by atoms with Gasteiger partial charge in [0.05, 0.1) is 10.6 Å². The normalized spacial score (nSPS) is 21.2. The lowest BCUT2D eigenvalue weighted by Crippen LogP contribution is -2.47. The summed E-state index contributed by atoms with van der Waals surface area (Å²) in [6, 6.07) is 5.74. The van der Waals surface area contributed by atoms with Gasteiger partial charge in [-0.3, -0.25) is 9.40 Å². The van der Waals surface area contributed by atoms with Crippen LogP contribution in [0.1, 0.15) is 45.7 Å². The molecule has 0 saturated carbocycles. The fraction of sp³-hybridized carbons (Fsp3) is 0.526. The van der Waals surface area contributed by atoms with Crippen molar-refractivity contribution >= 4 is 25.7 Å². The molecule has 1 saturated heterocycles. The standard InChI is InChI=1S/C19H28N4O4S2/c1-5-22-13-19(16(4)20-22)28(24,25)21-17-9-11-18(12-10-17)29(26,27)23-14(2)7-6-8-15(23)3/h9-15,21H,5-8H2,1-4H3. The van der Waals surface area contributed by atoms with Gasteiger partial charge in [-0.1, -0.05) is 6.42 Å². The van der Waals surface area contributed by atoms with E-state index in [1.165, 1.54) is 30.5 Å². The van der Waals surface area contributed by atoms with Crippen molar-refractivity contribution in [2.24, 2.45) is 0 Å². The van der Waals surface area contributed by atoms with Gasteiger partial charge < -0.3 is 0 Å². The predicted octanol–water partition coefficient (Wildman–Crippen LogP) is 2.96. The van der Waals surface area contributed by atoms with Crippen LogP contribution in [0.25, 0.3) is 0 Å². The number of rotatable bonds is 6. The number of benzene rings is 1. The van der Waals surface area contributed by atoms with Gasteiger partial charge in [0.25, 0.3) is 10.0 Å². The lowest BCUT2D eigenvalue weighted by atomic mass is 10.0. The van der Waals surface area contributed by atoms with Gasteiger partial charge in [-0.15, -0.1) is 0 Å². The molecule has 29 heavy (non-hydrogen) atoms. The van der Waals surface area contributed by atoms with Crippen molar-refractivity contribution < 1.29 is 16.8 Å². The topological polar surface area (TPSA) is 101 Å². The summed E-state index contributed by atoms with van der Waals surface area (Å²) in [5.74, 6) is 0.